The Kier molecular flexibility index (Phi) is 3.06. The van der Waals surface area contributed by atoms with Crippen LogP contribution < -0.4 is 5.46 Å². The van der Waals surface area contributed by atoms with Crippen LogP contribution in [-0.4, -0.2) is 20.4 Å². The molecule has 13 heavy (non-hydrogen) atoms. The summed E-state index contributed by atoms with van der Waals surface area (Å²) in [6, 6.07) is 3.73. The molecule has 0 aliphatic rings. The summed E-state index contributed by atoms with van der Waals surface area (Å²) in [5.74, 6) is -1.03. The lowest BCUT2D eigenvalue weighted by molar-refractivity contribution is 0.0526. The maximum absolute atomic E-state index is 12.7. The second-order valence-corrected chi connectivity index (χ2v) is 2.46. The first-order chi connectivity index (χ1) is 6.15. The van der Waals surface area contributed by atoms with Crippen molar-refractivity contribution in [3.63, 3.8) is 0 Å². The van der Waals surface area contributed by atoms with Crippen molar-refractivity contribution in [3.05, 3.63) is 29.6 Å². The number of ether oxygens (including phenoxy) is 1. The van der Waals surface area contributed by atoms with Crippen LogP contribution >= 0.6 is 0 Å². The molecule has 0 N–H and O–H groups in total. The summed E-state index contributed by atoms with van der Waals surface area (Å²) in [7, 11) is 5.27. The van der Waals surface area contributed by atoms with Crippen molar-refractivity contribution >= 4 is 19.3 Å². The van der Waals surface area contributed by atoms with Crippen LogP contribution in [0.3, 0.4) is 0 Å². The van der Waals surface area contributed by atoms with Crippen LogP contribution in [-0.2, 0) is 4.74 Å². The van der Waals surface area contributed by atoms with E-state index in [1.165, 1.54) is 12.1 Å². The van der Waals surface area contributed by atoms with E-state index in [0.29, 0.717) is 0 Å². The van der Waals surface area contributed by atoms with Gasteiger partial charge in [0.15, 0.2) is 0 Å². The third-order valence-corrected chi connectivity index (χ3v) is 1.51. The normalized spacial score (nSPS) is 9.69. The van der Waals surface area contributed by atoms with E-state index in [1.807, 2.05) is 0 Å². The molecule has 0 bridgehead atoms. The van der Waals surface area contributed by atoms with E-state index >= 15 is 0 Å². The fourth-order valence-electron chi connectivity index (χ4n) is 0.885. The minimum Gasteiger partial charge on any atom is -0.462 e. The quantitative estimate of drug-likeness (QED) is 0.494. The Bertz CT molecular complexity index is 325. The Balaban J connectivity index is 2.90. The standard InChI is InChI=1S/C9H8BFO2/c1-2-13-9(12)6-3-4-8(11)7(10)5-6/h3-5H,2H2,1H3. The summed E-state index contributed by atoms with van der Waals surface area (Å²) < 4.78 is 17.4. The summed E-state index contributed by atoms with van der Waals surface area (Å²) in [5.41, 5.74) is 0.214. The number of rotatable bonds is 2. The molecule has 0 aliphatic carbocycles. The second-order valence-electron chi connectivity index (χ2n) is 2.46. The van der Waals surface area contributed by atoms with Gasteiger partial charge in [-0.3, -0.25) is 0 Å². The van der Waals surface area contributed by atoms with E-state index in [4.69, 9.17) is 12.6 Å². The third-order valence-electron chi connectivity index (χ3n) is 1.51. The minimum atomic E-state index is -0.534. The molecule has 0 fully saturated rings. The predicted octanol–water partition coefficient (Wildman–Crippen LogP) is 0.796. The molecule has 0 aromatic heterocycles. The fourth-order valence-corrected chi connectivity index (χ4v) is 0.885. The van der Waals surface area contributed by atoms with E-state index in [-0.39, 0.29) is 17.6 Å². The molecule has 2 nitrogen and oxygen atoms in total. The lowest BCUT2D eigenvalue weighted by Gasteiger charge is -2.02. The van der Waals surface area contributed by atoms with Gasteiger partial charge in [0.1, 0.15) is 13.7 Å². The van der Waals surface area contributed by atoms with Gasteiger partial charge in [-0.05, 0) is 19.1 Å². The van der Waals surface area contributed by atoms with Crippen LogP contribution in [0.1, 0.15) is 17.3 Å². The number of hydrogen-bond donors (Lipinski definition) is 0. The summed E-state index contributed by atoms with van der Waals surface area (Å²) >= 11 is 0. The fraction of sp³-hybridized carbons (Fsp3) is 0.222. The topological polar surface area (TPSA) is 26.3 Å². The van der Waals surface area contributed by atoms with Gasteiger partial charge in [-0.1, -0.05) is 11.5 Å². The molecular weight excluding hydrogens is 170 g/mol. The van der Waals surface area contributed by atoms with E-state index in [2.05, 4.69) is 0 Å². The molecule has 1 aromatic carbocycles. The van der Waals surface area contributed by atoms with Crippen molar-refractivity contribution in [2.24, 2.45) is 0 Å². The number of benzene rings is 1. The molecule has 0 amide bonds. The lowest BCUT2D eigenvalue weighted by atomic mass is 9.94. The Hall–Kier alpha value is -1.32. The maximum atomic E-state index is 12.7. The molecule has 0 saturated carbocycles. The monoisotopic (exact) mass is 178 g/mol. The van der Waals surface area contributed by atoms with Gasteiger partial charge in [0.2, 0.25) is 0 Å². The SMILES string of the molecule is [B]c1cc(C(=O)OCC)ccc1F. The first kappa shape index (κ1) is 9.77. The molecular formula is C9H8BFO2. The first-order valence-electron chi connectivity index (χ1n) is 3.87. The van der Waals surface area contributed by atoms with Gasteiger partial charge >= 0.3 is 5.97 Å². The molecule has 0 saturated heterocycles. The van der Waals surface area contributed by atoms with Crippen molar-refractivity contribution in [1.82, 2.24) is 0 Å². The Morgan fingerprint density at radius 1 is 1.62 bits per heavy atom. The van der Waals surface area contributed by atoms with Crippen molar-refractivity contribution in [3.8, 4) is 0 Å². The molecule has 66 valence electrons. The maximum Gasteiger partial charge on any atom is 0.338 e. The summed E-state index contributed by atoms with van der Waals surface area (Å²) in [5, 5.41) is 0. The number of carbonyl (C=O) groups is 1. The van der Waals surface area contributed by atoms with Crippen LogP contribution in [0.4, 0.5) is 4.39 Å². The molecule has 0 aliphatic heterocycles. The smallest absolute Gasteiger partial charge is 0.338 e. The number of carbonyl (C=O) groups excluding carboxylic acids is 1. The third kappa shape index (κ3) is 2.31. The molecule has 0 atom stereocenters. The van der Waals surface area contributed by atoms with Gasteiger partial charge in [-0.15, -0.1) is 0 Å². The van der Waals surface area contributed by atoms with Gasteiger partial charge in [-0.2, -0.15) is 0 Å². The molecule has 0 heterocycles. The molecule has 1 aromatic rings. The van der Waals surface area contributed by atoms with Gasteiger partial charge in [-0.25, -0.2) is 9.18 Å². The molecule has 0 unspecified atom stereocenters. The summed E-state index contributed by atoms with van der Waals surface area (Å²) in [4.78, 5) is 11.1. The van der Waals surface area contributed by atoms with E-state index < -0.39 is 11.8 Å². The average Bonchev–Trinajstić information content (AvgIpc) is 2.10. The van der Waals surface area contributed by atoms with E-state index in [1.54, 1.807) is 6.92 Å². The van der Waals surface area contributed by atoms with Crippen molar-refractivity contribution in [2.75, 3.05) is 6.61 Å². The zero-order valence-electron chi connectivity index (χ0n) is 7.21. The number of halogens is 1. The van der Waals surface area contributed by atoms with Gasteiger partial charge in [0.05, 0.1) is 12.2 Å². The summed E-state index contributed by atoms with van der Waals surface area (Å²) in [6.45, 7) is 1.99. The zero-order valence-corrected chi connectivity index (χ0v) is 7.21. The first-order valence-corrected chi connectivity index (χ1v) is 3.87. The van der Waals surface area contributed by atoms with Gasteiger partial charge in [0.25, 0.3) is 0 Å². The predicted molar refractivity (Wildman–Crippen MR) is 47.7 cm³/mol. The highest BCUT2D eigenvalue weighted by molar-refractivity contribution is 6.32. The highest BCUT2D eigenvalue weighted by atomic mass is 19.1. The van der Waals surface area contributed by atoms with Crippen LogP contribution in [0, 0.1) is 5.82 Å². The zero-order chi connectivity index (χ0) is 9.84. The molecule has 0 spiro atoms. The largest absolute Gasteiger partial charge is 0.462 e. The second kappa shape index (κ2) is 4.07. The Labute approximate surface area is 77.1 Å². The van der Waals surface area contributed by atoms with Crippen LogP contribution in [0.25, 0.3) is 0 Å². The van der Waals surface area contributed by atoms with Crippen molar-refractivity contribution < 1.29 is 13.9 Å². The minimum absolute atomic E-state index is 0.0504. The van der Waals surface area contributed by atoms with Gasteiger partial charge < -0.3 is 4.74 Å². The molecule has 2 radical (unpaired) electrons. The van der Waals surface area contributed by atoms with Gasteiger partial charge in [0, 0.05) is 0 Å². The van der Waals surface area contributed by atoms with Crippen LogP contribution in [0.5, 0.6) is 0 Å². The van der Waals surface area contributed by atoms with Crippen LogP contribution in [0.2, 0.25) is 0 Å². The average molecular weight is 178 g/mol. The van der Waals surface area contributed by atoms with Crippen molar-refractivity contribution in [1.29, 1.82) is 0 Å². The van der Waals surface area contributed by atoms with Crippen molar-refractivity contribution in [2.45, 2.75) is 6.92 Å². The highest BCUT2D eigenvalue weighted by Gasteiger charge is 2.07. The summed E-state index contributed by atoms with van der Waals surface area (Å²) in [6.07, 6.45) is 0. The van der Waals surface area contributed by atoms with E-state index in [0.717, 1.165) is 6.07 Å². The highest BCUT2D eigenvalue weighted by Crippen LogP contribution is 2.01. The van der Waals surface area contributed by atoms with E-state index in [9.17, 15) is 9.18 Å². The molecule has 1 rings (SSSR count). The lowest BCUT2D eigenvalue weighted by Crippen LogP contribution is -2.13. The number of esters is 1. The Morgan fingerprint density at radius 3 is 2.85 bits per heavy atom. The Morgan fingerprint density at radius 2 is 2.31 bits per heavy atom. The van der Waals surface area contributed by atoms with Crippen LogP contribution in [0.15, 0.2) is 18.2 Å². The number of hydrogen-bond acceptors (Lipinski definition) is 2. The molecule has 4 heteroatoms.